The van der Waals surface area contributed by atoms with Crippen LogP contribution in [-0.2, 0) is 14.0 Å². The molecule has 1 aromatic carbocycles. The topological polar surface area (TPSA) is 71.3 Å². The normalized spacial score (nSPS) is 13.9. The molecule has 1 atom stereocenters. The van der Waals surface area contributed by atoms with Gasteiger partial charge in [-0.2, -0.15) is 16.3 Å². The lowest BCUT2D eigenvalue weighted by Crippen LogP contribution is -2.43. The number of esters is 1. The predicted molar refractivity (Wildman–Crippen MR) is 154 cm³/mol. The first-order valence-electron chi connectivity index (χ1n) is 12.3. The molecule has 0 aromatic heterocycles. The molecule has 0 aliphatic carbocycles. The average Bonchev–Trinajstić information content (AvgIpc) is 2.65. The Labute approximate surface area is 221 Å². The molecule has 0 radical (unpaired) electrons. The zero-order valence-corrected chi connectivity index (χ0v) is 27.1. The second kappa shape index (κ2) is 12.9. The van der Waals surface area contributed by atoms with Crippen molar-refractivity contribution in [1.82, 2.24) is 5.32 Å². The maximum Gasteiger partial charge on any atom is 0.320 e. The number of nitriles is 1. The molecule has 1 N–H and O–H groups in total. The van der Waals surface area contributed by atoms with E-state index in [1.54, 1.807) is 12.1 Å². The van der Waals surface area contributed by atoms with Gasteiger partial charge < -0.3 is 9.16 Å². The summed E-state index contributed by atoms with van der Waals surface area (Å²) in [4.78, 5) is 12.1. The van der Waals surface area contributed by atoms with Gasteiger partial charge in [0.2, 0.25) is 0 Å². The van der Waals surface area contributed by atoms with E-state index in [9.17, 15) is 4.79 Å². The first kappa shape index (κ1) is 33.8. The van der Waals surface area contributed by atoms with Crippen molar-refractivity contribution in [2.24, 2.45) is 0 Å². The Morgan fingerprint density at radius 2 is 1.43 bits per heavy atom. The van der Waals surface area contributed by atoms with Gasteiger partial charge in [0.15, 0.2) is 15.7 Å². The summed E-state index contributed by atoms with van der Waals surface area (Å²) in [6.45, 7) is 28.1. The standard InChI is InChI=1S/C21H34N2O3Si.C6H15ClSi/c1-20(2,3)26-19(24)14-23-18(15-25-27(7,8)21(4,5)6)17-11-9-16(13-22)10-12-17;1-6(2,3)8(4,5)7/h9-12,18,23H,14-15H2,1-8H3;1-5H3. The zero-order valence-electron chi connectivity index (χ0n) is 24.4. The molecule has 8 heteroatoms. The molecule has 0 heterocycles. The minimum absolute atomic E-state index is 0.100. The Kier molecular flexibility index (Phi) is 12.4. The smallest absolute Gasteiger partial charge is 0.320 e. The molecule has 0 aliphatic rings. The van der Waals surface area contributed by atoms with Gasteiger partial charge >= 0.3 is 5.97 Å². The molecule has 0 saturated carbocycles. The summed E-state index contributed by atoms with van der Waals surface area (Å²) in [6.07, 6.45) is 0. The Morgan fingerprint density at radius 1 is 0.971 bits per heavy atom. The number of hydrogen-bond donors (Lipinski definition) is 1. The van der Waals surface area contributed by atoms with Crippen molar-refractivity contribution < 1.29 is 14.0 Å². The van der Waals surface area contributed by atoms with E-state index in [1.165, 1.54) is 0 Å². The van der Waals surface area contributed by atoms with Crippen molar-refractivity contribution in [2.45, 2.75) is 110 Å². The van der Waals surface area contributed by atoms with Gasteiger partial charge in [-0.05, 0) is 61.6 Å². The van der Waals surface area contributed by atoms with Crippen LogP contribution in [0.2, 0.25) is 36.3 Å². The maximum atomic E-state index is 12.1. The number of nitrogens with zero attached hydrogens (tertiary/aromatic N) is 1. The second-order valence-corrected chi connectivity index (χ2v) is 25.1. The van der Waals surface area contributed by atoms with Crippen LogP contribution in [0.3, 0.4) is 0 Å². The number of carbonyl (C=O) groups is 1. The maximum absolute atomic E-state index is 12.1. The average molecular weight is 541 g/mol. The number of benzene rings is 1. The fourth-order valence-electron chi connectivity index (χ4n) is 2.16. The molecule has 5 nitrogen and oxygen atoms in total. The van der Waals surface area contributed by atoms with E-state index in [-0.39, 0.29) is 23.6 Å². The molecule has 35 heavy (non-hydrogen) atoms. The summed E-state index contributed by atoms with van der Waals surface area (Å²) < 4.78 is 11.7. The molecule has 0 fully saturated rings. The van der Waals surface area contributed by atoms with Crippen LogP contribution in [0.15, 0.2) is 24.3 Å². The second-order valence-electron chi connectivity index (χ2n) is 13.0. The van der Waals surface area contributed by atoms with E-state index in [0.717, 1.165) is 5.56 Å². The number of rotatable bonds is 7. The summed E-state index contributed by atoms with van der Waals surface area (Å²) in [5, 5.41) is 12.7. The lowest BCUT2D eigenvalue weighted by Gasteiger charge is -2.37. The Bertz CT molecular complexity index is 826. The van der Waals surface area contributed by atoms with E-state index in [1.807, 2.05) is 32.9 Å². The van der Waals surface area contributed by atoms with Gasteiger partial charge in [-0.1, -0.05) is 66.8 Å². The van der Waals surface area contributed by atoms with E-state index in [0.29, 0.717) is 17.2 Å². The molecule has 200 valence electrons. The van der Waals surface area contributed by atoms with Gasteiger partial charge in [-0.3, -0.25) is 10.1 Å². The van der Waals surface area contributed by atoms with Gasteiger partial charge in [0, 0.05) is 0 Å². The van der Waals surface area contributed by atoms with Crippen molar-refractivity contribution in [3.63, 3.8) is 0 Å². The SMILES string of the molecule is CC(C)(C)OC(=O)CNC(CO[Si](C)(C)C(C)(C)C)c1ccc(C#N)cc1.CC(C)(C)[Si](C)(C)Cl. The highest BCUT2D eigenvalue weighted by Crippen LogP contribution is 2.38. The minimum atomic E-state index is -1.92. The molecule has 0 aliphatic heterocycles. The van der Waals surface area contributed by atoms with Crippen LogP contribution in [0.1, 0.15) is 79.5 Å². The van der Waals surface area contributed by atoms with Crippen molar-refractivity contribution in [3.8, 4) is 6.07 Å². The third-order valence-electron chi connectivity index (χ3n) is 6.56. The first-order chi connectivity index (χ1) is 15.5. The van der Waals surface area contributed by atoms with Gasteiger partial charge in [0.1, 0.15) is 5.60 Å². The van der Waals surface area contributed by atoms with Crippen LogP contribution in [0.4, 0.5) is 0 Å². The van der Waals surface area contributed by atoms with Gasteiger partial charge in [-0.15, -0.1) is 0 Å². The highest BCUT2D eigenvalue weighted by Gasteiger charge is 2.37. The number of ether oxygens (including phenoxy) is 1. The van der Waals surface area contributed by atoms with Crippen molar-refractivity contribution in [3.05, 3.63) is 35.4 Å². The summed E-state index contributed by atoms with van der Waals surface area (Å²) in [7, 11) is -3.31. The minimum Gasteiger partial charge on any atom is -0.459 e. The van der Waals surface area contributed by atoms with Crippen LogP contribution in [0, 0.1) is 11.3 Å². The fourth-order valence-corrected chi connectivity index (χ4v) is 3.17. The lowest BCUT2D eigenvalue weighted by molar-refractivity contribution is -0.153. The monoisotopic (exact) mass is 540 g/mol. The van der Waals surface area contributed by atoms with E-state index in [2.05, 4.69) is 79.1 Å². The van der Waals surface area contributed by atoms with Crippen molar-refractivity contribution >= 4 is 32.7 Å². The van der Waals surface area contributed by atoms with E-state index < -0.39 is 21.3 Å². The number of carbonyl (C=O) groups excluding carboxylic acids is 1. The third-order valence-corrected chi connectivity index (χ3v) is 16.3. The first-order valence-corrected chi connectivity index (χ1v) is 19.2. The zero-order chi connectivity index (χ0) is 27.9. The molecule has 0 saturated heterocycles. The largest absolute Gasteiger partial charge is 0.459 e. The summed E-state index contributed by atoms with van der Waals surface area (Å²) in [5.74, 6) is -0.298. The predicted octanol–water partition coefficient (Wildman–Crippen LogP) is 7.78. The Balaban J connectivity index is 0.00000124. The van der Waals surface area contributed by atoms with Crippen molar-refractivity contribution in [2.75, 3.05) is 13.2 Å². The number of hydrogen-bond acceptors (Lipinski definition) is 5. The van der Waals surface area contributed by atoms with E-state index >= 15 is 0 Å². The van der Waals surface area contributed by atoms with Crippen molar-refractivity contribution in [1.29, 1.82) is 5.26 Å². The molecule has 1 rings (SSSR count). The van der Waals surface area contributed by atoms with E-state index in [4.69, 9.17) is 25.5 Å². The molecular weight excluding hydrogens is 492 g/mol. The molecule has 0 bridgehead atoms. The molecular formula is C27H49ClN2O3Si2. The number of halogens is 1. The quantitative estimate of drug-likeness (QED) is 0.217. The lowest BCUT2D eigenvalue weighted by atomic mass is 10.1. The van der Waals surface area contributed by atoms with Gasteiger partial charge in [0.25, 0.3) is 0 Å². The van der Waals surface area contributed by atoms with Crippen LogP contribution in [0.25, 0.3) is 0 Å². The summed E-state index contributed by atoms with van der Waals surface area (Å²) in [5.41, 5.74) is 1.08. The fraction of sp³-hybridized carbons (Fsp3) is 0.704. The van der Waals surface area contributed by atoms with Crippen LogP contribution < -0.4 is 5.32 Å². The van der Waals surface area contributed by atoms with Gasteiger partial charge in [-0.25, -0.2) is 0 Å². The molecule has 1 unspecified atom stereocenters. The molecule has 1 aromatic rings. The highest BCUT2D eigenvalue weighted by molar-refractivity contribution is 7.20. The Morgan fingerprint density at radius 3 is 1.77 bits per heavy atom. The molecule has 0 spiro atoms. The number of nitrogens with one attached hydrogen (secondary N) is 1. The summed E-state index contributed by atoms with van der Waals surface area (Å²) >= 11 is 6.15. The molecule has 0 amide bonds. The Hall–Kier alpha value is -1.18. The summed E-state index contributed by atoms with van der Waals surface area (Å²) in [6, 6.07) is 9.34. The highest BCUT2D eigenvalue weighted by atomic mass is 35.6. The van der Waals surface area contributed by atoms with Crippen LogP contribution in [-0.4, -0.2) is 40.4 Å². The third kappa shape index (κ3) is 13.1. The van der Waals surface area contributed by atoms with Crippen LogP contribution >= 0.6 is 11.1 Å². The van der Waals surface area contributed by atoms with Crippen LogP contribution in [0.5, 0.6) is 0 Å². The van der Waals surface area contributed by atoms with Gasteiger partial charge in [0.05, 0.1) is 30.8 Å².